The van der Waals surface area contributed by atoms with E-state index in [1.54, 1.807) is 0 Å². The van der Waals surface area contributed by atoms with Crippen molar-refractivity contribution in [2.45, 2.75) is 71.5 Å². The van der Waals surface area contributed by atoms with Crippen LogP contribution in [0.1, 0.15) is 53.4 Å². The van der Waals surface area contributed by atoms with Gasteiger partial charge in [-0.2, -0.15) is 0 Å². The summed E-state index contributed by atoms with van der Waals surface area (Å²) in [5, 5.41) is 0. The summed E-state index contributed by atoms with van der Waals surface area (Å²) in [4.78, 5) is 17.0. The molecule has 0 bridgehead atoms. The first-order chi connectivity index (χ1) is 9.31. The molecule has 20 heavy (non-hydrogen) atoms. The molecule has 0 aromatic rings. The van der Waals surface area contributed by atoms with Crippen molar-refractivity contribution in [3.8, 4) is 0 Å². The predicted molar refractivity (Wildman–Crippen MR) is 82.4 cm³/mol. The van der Waals surface area contributed by atoms with Crippen LogP contribution in [0.25, 0.3) is 0 Å². The Morgan fingerprint density at radius 1 is 1.20 bits per heavy atom. The highest BCUT2D eigenvalue weighted by Gasteiger charge is 2.36. The van der Waals surface area contributed by atoms with Crippen molar-refractivity contribution in [2.75, 3.05) is 19.6 Å². The zero-order valence-corrected chi connectivity index (χ0v) is 13.6. The van der Waals surface area contributed by atoms with Crippen LogP contribution < -0.4 is 5.73 Å². The molecule has 0 radical (unpaired) electrons. The first-order valence-corrected chi connectivity index (χ1v) is 8.10. The van der Waals surface area contributed by atoms with Crippen LogP contribution in [0.2, 0.25) is 0 Å². The average molecular weight is 281 g/mol. The number of nitrogens with zero attached hydrogens (tertiary/aromatic N) is 2. The molecule has 2 saturated heterocycles. The van der Waals surface area contributed by atoms with Gasteiger partial charge in [0.2, 0.25) is 5.91 Å². The average Bonchev–Trinajstić information content (AvgIpc) is 2.33. The molecule has 2 aliphatic rings. The Kier molecular flexibility index (Phi) is 4.75. The first-order valence-electron chi connectivity index (χ1n) is 8.10. The van der Waals surface area contributed by atoms with E-state index in [4.69, 9.17) is 5.73 Å². The lowest BCUT2D eigenvalue weighted by Gasteiger charge is -2.44. The van der Waals surface area contributed by atoms with E-state index in [9.17, 15) is 4.79 Å². The van der Waals surface area contributed by atoms with Crippen molar-refractivity contribution in [3.05, 3.63) is 0 Å². The van der Waals surface area contributed by atoms with Gasteiger partial charge in [0.1, 0.15) is 0 Å². The van der Waals surface area contributed by atoms with E-state index >= 15 is 0 Å². The van der Waals surface area contributed by atoms with Gasteiger partial charge in [0.25, 0.3) is 0 Å². The molecule has 0 aliphatic carbocycles. The standard InChI is InChI=1S/C16H31N3O/c1-12-6-5-7-13(2)19(12)15(20)10-18-9-8-14(17)16(3,4)11-18/h12-14H,5-11,17H2,1-4H3. The Labute approximate surface area is 123 Å². The number of carbonyl (C=O) groups is 1. The van der Waals surface area contributed by atoms with Crippen LogP contribution in [-0.4, -0.2) is 53.5 Å². The number of likely N-dealkylation sites (tertiary alicyclic amines) is 2. The van der Waals surface area contributed by atoms with Crippen molar-refractivity contribution in [1.29, 1.82) is 0 Å². The van der Waals surface area contributed by atoms with Crippen LogP contribution >= 0.6 is 0 Å². The molecule has 2 rings (SSSR count). The highest BCUT2D eigenvalue weighted by molar-refractivity contribution is 5.79. The molecule has 2 N–H and O–H groups in total. The van der Waals surface area contributed by atoms with Crippen LogP contribution in [-0.2, 0) is 4.79 Å². The van der Waals surface area contributed by atoms with Crippen molar-refractivity contribution in [2.24, 2.45) is 11.1 Å². The van der Waals surface area contributed by atoms with Gasteiger partial charge in [0, 0.05) is 31.2 Å². The summed E-state index contributed by atoms with van der Waals surface area (Å²) in [5.74, 6) is 0.302. The summed E-state index contributed by atoms with van der Waals surface area (Å²) < 4.78 is 0. The van der Waals surface area contributed by atoms with Gasteiger partial charge in [-0.05, 0) is 44.9 Å². The van der Waals surface area contributed by atoms with Crippen LogP contribution in [0.3, 0.4) is 0 Å². The molecule has 3 unspecified atom stereocenters. The predicted octanol–water partition coefficient (Wildman–Crippen LogP) is 1.84. The second kappa shape index (κ2) is 6.02. The van der Waals surface area contributed by atoms with Gasteiger partial charge >= 0.3 is 0 Å². The van der Waals surface area contributed by atoms with Gasteiger partial charge in [-0.1, -0.05) is 13.8 Å². The minimum atomic E-state index is 0.109. The van der Waals surface area contributed by atoms with E-state index in [0.717, 1.165) is 32.4 Å². The molecule has 0 aromatic carbocycles. The Hall–Kier alpha value is -0.610. The van der Waals surface area contributed by atoms with E-state index < -0.39 is 0 Å². The van der Waals surface area contributed by atoms with Gasteiger partial charge in [0.15, 0.2) is 0 Å². The van der Waals surface area contributed by atoms with E-state index in [1.807, 2.05) is 0 Å². The highest BCUT2D eigenvalue weighted by Crippen LogP contribution is 2.28. The molecule has 2 heterocycles. The summed E-state index contributed by atoms with van der Waals surface area (Å²) in [6.45, 7) is 11.2. The smallest absolute Gasteiger partial charge is 0.237 e. The largest absolute Gasteiger partial charge is 0.336 e. The molecule has 0 spiro atoms. The van der Waals surface area contributed by atoms with Crippen molar-refractivity contribution >= 4 is 5.91 Å². The quantitative estimate of drug-likeness (QED) is 0.840. The molecule has 0 saturated carbocycles. The van der Waals surface area contributed by atoms with Crippen LogP contribution in [0.5, 0.6) is 0 Å². The van der Waals surface area contributed by atoms with Crippen LogP contribution in [0.15, 0.2) is 0 Å². The van der Waals surface area contributed by atoms with Crippen molar-refractivity contribution in [1.82, 2.24) is 9.80 Å². The van der Waals surface area contributed by atoms with Crippen molar-refractivity contribution in [3.63, 3.8) is 0 Å². The van der Waals surface area contributed by atoms with E-state index in [-0.39, 0.29) is 11.5 Å². The molecule has 3 atom stereocenters. The van der Waals surface area contributed by atoms with Gasteiger partial charge in [0.05, 0.1) is 6.54 Å². The fourth-order valence-electron chi connectivity index (χ4n) is 3.81. The lowest BCUT2D eigenvalue weighted by molar-refractivity contribution is -0.139. The summed E-state index contributed by atoms with van der Waals surface area (Å²) in [6, 6.07) is 1.04. The summed E-state index contributed by atoms with van der Waals surface area (Å²) >= 11 is 0. The summed E-state index contributed by atoms with van der Waals surface area (Å²) in [5.41, 5.74) is 6.28. The molecule has 4 heteroatoms. The van der Waals surface area contributed by atoms with Crippen molar-refractivity contribution < 1.29 is 4.79 Å². The van der Waals surface area contributed by atoms with E-state index in [0.29, 0.717) is 24.5 Å². The maximum atomic E-state index is 12.6. The maximum Gasteiger partial charge on any atom is 0.237 e. The van der Waals surface area contributed by atoms with Crippen LogP contribution in [0.4, 0.5) is 0 Å². The number of carbonyl (C=O) groups excluding carboxylic acids is 1. The van der Waals surface area contributed by atoms with Crippen LogP contribution in [0, 0.1) is 5.41 Å². The fourth-order valence-corrected chi connectivity index (χ4v) is 3.81. The normalized spacial score (nSPS) is 35.0. The third-order valence-corrected chi connectivity index (χ3v) is 5.23. The molecule has 2 aliphatic heterocycles. The first kappa shape index (κ1) is 15.8. The number of amides is 1. The number of rotatable bonds is 2. The van der Waals surface area contributed by atoms with Gasteiger partial charge < -0.3 is 10.6 Å². The number of nitrogens with two attached hydrogens (primary N) is 1. The minimum absolute atomic E-state index is 0.109. The fraction of sp³-hybridized carbons (Fsp3) is 0.938. The molecular formula is C16H31N3O. The van der Waals surface area contributed by atoms with Gasteiger partial charge in [-0.15, -0.1) is 0 Å². The maximum absolute atomic E-state index is 12.6. The lowest BCUT2D eigenvalue weighted by Crippen LogP contribution is -2.56. The Morgan fingerprint density at radius 2 is 1.80 bits per heavy atom. The molecule has 4 nitrogen and oxygen atoms in total. The third kappa shape index (κ3) is 3.34. The van der Waals surface area contributed by atoms with E-state index in [2.05, 4.69) is 37.5 Å². The molecular weight excluding hydrogens is 250 g/mol. The molecule has 0 aromatic heterocycles. The summed E-state index contributed by atoms with van der Waals surface area (Å²) in [6.07, 6.45) is 4.53. The van der Waals surface area contributed by atoms with Gasteiger partial charge in [-0.25, -0.2) is 0 Å². The number of piperidine rings is 2. The lowest BCUT2D eigenvalue weighted by atomic mass is 9.80. The topological polar surface area (TPSA) is 49.6 Å². The second-order valence-corrected chi connectivity index (χ2v) is 7.52. The molecule has 116 valence electrons. The third-order valence-electron chi connectivity index (χ3n) is 5.23. The monoisotopic (exact) mass is 281 g/mol. The molecule has 1 amide bonds. The Morgan fingerprint density at radius 3 is 2.35 bits per heavy atom. The zero-order valence-electron chi connectivity index (χ0n) is 13.6. The number of hydrogen-bond donors (Lipinski definition) is 1. The van der Waals surface area contributed by atoms with E-state index in [1.165, 1.54) is 6.42 Å². The number of hydrogen-bond acceptors (Lipinski definition) is 3. The zero-order chi connectivity index (χ0) is 14.9. The van der Waals surface area contributed by atoms with Gasteiger partial charge in [-0.3, -0.25) is 9.69 Å². The second-order valence-electron chi connectivity index (χ2n) is 7.52. The Balaban J connectivity index is 1.94. The highest BCUT2D eigenvalue weighted by atomic mass is 16.2. The molecule has 2 fully saturated rings. The minimum Gasteiger partial charge on any atom is -0.336 e. The Bertz CT molecular complexity index is 346. The SMILES string of the molecule is CC1CCCC(C)N1C(=O)CN1CCC(N)C(C)(C)C1. The summed E-state index contributed by atoms with van der Waals surface area (Å²) in [7, 11) is 0.